The van der Waals surface area contributed by atoms with Crippen LogP contribution >= 0.6 is 0 Å². The van der Waals surface area contributed by atoms with Gasteiger partial charge in [0.15, 0.2) is 0 Å². The number of aliphatic hydroxyl groups is 1. The van der Waals surface area contributed by atoms with Gasteiger partial charge < -0.3 is 20.3 Å². The topological polar surface area (TPSA) is 64.7 Å². The highest BCUT2D eigenvalue weighted by molar-refractivity contribution is 4.76. The summed E-state index contributed by atoms with van der Waals surface area (Å²) in [5.41, 5.74) is 5.40. The summed E-state index contributed by atoms with van der Waals surface area (Å²) >= 11 is 0. The van der Waals surface area contributed by atoms with Gasteiger partial charge in [-0.1, -0.05) is 0 Å². The Kier molecular flexibility index (Phi) is 7.04. The number of unbranched alkanes of at least 4 members (excludes halogenated alkanes) is 1. The lowest BCUT2D eigenvalue weighted by Gasteiger charge is -2.23. The highest BCUT2D eigenvalue weighted by Gasteiger charge is 2.16. The second kappa shape index (κ2) is 8.03. The maximum atomic E-state index is 8.99. The molecular weight excluding hydrogens is 218 g/mol. The Labute approximate surface area is 104 Å². The smallest absolute Gasteiger partial charge is 0.0808 e. The third-order valence-corrected chi connectivity index (χ3v) is 3.23. The zero-order chi connectivity index (χ0) is 12.6. The molecule has 0 aliphatic carbocycles. The number of ether oxygens (including phenoxy) is 2. The molecule has 1 heterocycles. The standard InChI is InChI=1S/C13H27NO3/c1-13(14,11-15)7-3-5-8-16-10-12-6-2-4-9-17-12/h12,15H,2-11,14H2,1H3. The van der Waals surface area contributed by atoms with Gasteiger partial charge in [-0.25, -0.2) is 0 Å². The van der Waals surface area contributed by atoms with Crippen LogP contribution in [0.25, 0.3) is 0 Å². The van der Waals surface area contributed by atoms with E-state index in [1.165, 1.54) is 12.8 Å². The summed E-state index contributed by atoms with van der Waals surface area (Å²) < 4.78 is 11.2. The summed E-state index contributed by atoms with van der Waals surface area (Å²) in [5, 5.41) is 8.99. The van der Waals surface area contributed by atoms with Crippen LogP contribution in [0.3, 0.4) is 0 Å². The molecule has 1 fully saturated rings. The first-order valence-electron chi connectivity index (χ1n) is 6.73. The number of rotatable bonds is 8. The Bertz CT molecular complexity index is 191. The van der Waals surface area contributed by atoms with Crippen molar-refractivity contribution >= 4 is 0 Å². The number of aliphatic hydroxyl groups excluding tert-OH is 1. The van der Waals surface area contributed by atoms with Gasteiger partial charge >= 0.3 is 0 Å². The minimum absolute atomic E-state index is 0.0454. The fourth-order valence-electron chi connectivity index (χ4n) is 1.97. The molecule has 1 saturated heterocycles. The molecule has 0 spiro atoms. The van der Waals surface area contributed by atoms with Gasteiger partial charge in [-0.2, -0.15) is 0 Å². The largest absolute Gasteiger partial charge is 0.394 e. The fraction of sp³-hybridized carbons (Fsp3) is 1.00. The lowest BCUT2D eigenvalue weighted by Crippen LogP contribution is -2.39. The van der Waals surface area contributed by atoms with Crippen molar-refractivity contribution in [1.82, 2.24) is 0 Å². The summed E-state index contributed by atoms with van der Waals surface area (Å²) in [6, 6.07) is 0. The average molecular weight is 245 g/mol. The molecular formula is C13H27NO3. The van der Waals surface area contributed by atoms with Crippen molar-refractivity contribution in [3.8, 4) is 0 Å². The predicted octanol–water partition coefficient (Wildman–Crippen LogP) is 1.45. The third kappa shape index (κ3) is 6.99. The lowest BCUT2D eigenvalue weighted by molar-refractivity contribution is -0.0412. The summed E-state index contributed by atoms with van der Waals surface area (Å²) in [4.78, 5) is 0. The Morgan fingerprint density at radius 2 is 2.24 bits per heavy atom. The second-order valence-corrected chi connectivity index (χ2v) is 5.33. The highest BCUT2D eigenvalue weighted by Crippen LogP contribution is 2.13. The van der Waals surface area contributed by atoms with Crippen LogP contribution < -0.4 is 5.73 Å². The molecule has 0 bridgehead atoms. The van der Waals surface area contributed by atoms with Gasteiger partial charge in [-0.05, 0) is 45.4 Å². The van der Waals surface area contributed by atoms with Crippen LogP contribution in [0.4, 0.5) is 0 Å². The van der Waals surface area contributed by atoms with E-state index in [9.17, 15) is 0 Å². The molecule has 3 N–H and O–H groups in total. The van der Waals surface area contributed by atoms with Gasteiger partial charge in [0.2, 0.25) is 0 Å². The van der Waals surface area contributed by atoms with Gasteiger partial charge in [0.05, 0.1) is 19.3 Å². The van der Waals surface area contributed by atoms with E-state index in [1.807, 2.05) is 6.92 Å². The zero-order valence-corrected chi connectivity index (χ0v) is 11.0. The Morgan fingerprint density at radius 3 is 2.88 bits per heavy atom. The molecule has 1 aliphatic heterocycles. The van der Waals surface area contributed by atoms with Crippen molar-refractivity contribution in [3.05, 3.63) is 0 Å². The average Bonchev–Trinajstić information content (AvgIpc) is 2.35. The van der Waals surface area contributed by atoms with Gasteiger partial charge in [0.25, 0.3) is 0 Å². The minimum Gasteiger partial charge on any atom is -0.394 e. The van der Waals surface area contributed by atoms with Crippen molar-refractivity contribution < 1.29 is 14.6 Å². The van der Waals surface area contributed by atoms with E-state index in [4.69, 9.17) is 20.3 Å². The molecule has 4 heteroatoms. The minimum atomic E-state index is -0.438. The van der Waals surface area contributed by atoms with E-state index < -0.39 is 5.54 Å². The summed E-state index contributed by atoms with van der Waals surface area (Å²) in [7, 11) is 0. The van der Waals surface area contributed by atoms with E-state index in [0.29, 0.717) is 6.10 Å². The second-order valence-electron chi connectivity index (χ2n) is 5.33. The molecule has 1 aliphatic rings. The molecule has 0 amide bonds. The number of hydrogen-bond donors (Lipinski definition) is 2. The summed E-state index contributed by atoms with van der Waals surface area (Å²) in [6.45, 7) is 4.30. The monoisotopic (exact) mass is 245 g/mol. The molecule has 0 radical (unpaired) electrons. The van der Waals surface area contributed by atoms with Crippen molar-refractivity contribution in [2.75, 3.05) is 26.4 Å². The molecule has 0 saturated carbocycles. The van der Waals surface area contributed by atoms with Gasteiger partial charge in [0.1, 0.15) is 0 Å². The molecule has 17 heavy (non-hydrogen) atoms. The number of hydrogen-bond acceptors (Lipinski definition) is 4. The molecule has 1 rings (SSSR count). The molecule has 102 valence electrons. The first kappa shape index (κ1) is 14.9. The van der Waals surface area contributed by atoms with Crippen LogP contribution in [0.1, 0.15) is 45.4 Å². The van der Waals surface area contributed by atoms with Gasteiger partial charge in [-0.3, -0.25) is 0 Å². The molecule has 0 aromatic heterocycles. The Morgan fingerprint density at radius 1 is 1.41 bits per heavy atom. The fourth-order valence-corrected chi connectivity index (χ4v) is 1.97. The Hall–Kier alpha value is -0.160. The Balaban J connectivity index is 1.90. The van der Waals surface area contributed by atoms with Crippen LogP contribution in [0, 0.1) is 0 Å². The molecule has 2 unspecified atom stereocenters. The first-order valence-corrected chi connectivity index (χ1v) is 6.73. The highest BCUT2D eigenvalue weighted by atomic mass is 16.5. The molecule has 0 aromatic carbocycles. The maximum Gasteiger partial charge on any atom is 0.0808 e. The summed E-state index contributed by atoms with van der Waals surface area (Å²) in [5.74, 6) is 0. The molecule has 2 atom stereocenters. The van der Waals surface area contributed by atoms with E-state index in [-0.39, 0.29) is 6.61 Å². The van der Waals surface area contributed by atoms with E-state index >= 15 is 0 Å². The van der Waals surface area contributed by atoms with E-state index in [0.717, 1.165) is 45.5 Å². The van der Waals surface area contributed by atoms with Crippen molar-refractivity contribution in [2.45, 2.75) is 57.1 Å². The van der Waals surface area contributed by atoms with Crippen LogP contribution in [-0.2, 0) is 9.47 Å². The van der Waals surface area contributed by atoms with Crippen LogP contribution in [-0.4, -0.2) is 43.2 Å². The summed E-state index contributed by atoms with van der Waals surface area (Å²) in [6.07, 6.45) is 6.72. The maximum absolute atomic E-state index is 8.99. The van der Waals surface area contributed by atoms with Crippen LogP contribution in [0.2, 0.25) is 0 Å². The van der Waals surface area contributed by atoms with Gasteiger partial charge in [-0.15, -0.1) is 0 Å². The van der Waals surface area contributed by atoms with E-state index in [2.05, 4.69) is 0 Å². The van der Waals surface area contributed by atoms with Crippen molar-refractivity contribution in [1.29, 1.82) is 0 Å². The quantitative estimate of drug-likeness (QED) is 0.635. The molecule has 0 aromatic rings. The molecule has 4 nitrogen and oxygen atoms in total. The predicted molar refractivity (Wildman–Crippen MR) is 67.9 cm³/mol. The van der Waals surface area contributed by atoms with Crippen molar-refractivity contribution in [2.24, 2.45) is 5.73 Å². The van der Waals surface area contributed by atoms with Crippen molar-refractivity contribution in [3.63, 3.8) is 0 Å². The number of nitrogens with two attached hydrogens (primary N) is 1. The van der Waals surface area contributed by atoms with Crippen LogP contribution in [0.15, 0.2) is 0 Å². The lowest BCUT2D eigenvalue weighted by atomic mass is 9.97. The third-order valence-electron chi connectivity index (χ3n) is 3.23. The SMILES string of the molecule is CC(N)(CO)CCCCOCC1CCCCO1. The first-order chi connectivity index (χ1) is 8.14. The van der Waals surface area contributed by atoms with E-state index in [1.54, 1.807) is 0 Å². The zero-order valence-electron chi connectivity index (χ0n) is 11.0. The normalized spacial score (nSPS) is 24.5. The van der Waals surface area contributed by atoms with Crippen LogP contribution in [0.5, 0.6) is 0 Å². The van der Waals surface area contributed by atoms with Gasteiger partial charge in [0, 0.05) is 18.8 Å².